The second-order valence-corrected chi connectivity index (χ2v) is 6.73. The van der Waals surface area contributed by atoms with Gasteiger partial charge in [0.05, 0.1) is 36.6 Å². The summed E-state index contributed by atoms with van der Waals surface area (Å²) in [5, 5.41) is 7.06. The van der Waals surface area contributed by atoms with Gasteiger partial charge in [0, 0.05) is 17.8 Å². The minimum Gasteiger partial charge on any atom is -0.497 e. The summed E-state index contributed by atoms with van der Waals surface area (Å²) in [5.41, 5.74) is 2.05. The van der Waals surface area contributed by atoms with Crippen LogP contribution in [0.4, 0.5) is 13.2 Å². The summed E-state index contributed by atoms with van der Waals surface area (Å²) >= 11 is 0. The Morgan fingerprint density at radius 1 is 1.19 bits per heavy atom. The second kappa shape index (κ2) is 8.25. The van der Waals surface area contributed by atoms with Crippen LogP contribution in [0.15, 0.2) is 53.2 Å². The topological polar surface area (TPSA) is 90.9 Å². The van der Waals surface area contributed by atoms with Crippen molar-refractivity contribution in [1.29, 1.82) is 0 Å². The monoisotopic (exact) mass is 446 g/mol. The van der Waals surface area contributed by atoms with Crippen LogP contribution < -0.4 is 14.8 Å². The number of aryl methyl sites for hydroxylation is 1. The number of halogens is 3. The molecular formula is C21H17F3N4O4. The zero-order chi connectivity index (χ0) is 22.9. The Hall–Kier alpha value is -4.02. The maximum Gasteiger partial charge on any atom is 0.573 e. The number of amides is 1. The molecule has 0 saturated heterocycles. The van der Waals surface area contributed by atoms with E-state index in [1.165, 1.54) is 37.6 Å². The average Bonchev–Trinajstić information content (AvgIpc) is 3.34. The number of benzene rings is 1. The van der Waals surface area contributed by atoms with E-state index >= 15 is 0 Å². The van der Waals surface area contributed by atoms with Gasteiger partial charge >= 0.3 is 6.36 Å². The van der Waals surface area contributed by atoms with Crippen molar-refractivity contribution in [2.75, 3.05) is 7.11 Å². The normalized spacial score (nSPS) is 11.5. The first-order valence-corrected chi connectivity index (χ1v) is 9.35. The minimum absolute atomic E-state index is 0.00878. The van der Waals surface area contributed by atoms with Gasteiger partial charge in [-0.25, -0.2) is 9.50 Å². The predicted octanol–water partition coefficient (Wildman–Crippen LogP) is 4.13. The van der Waals surface area contributed by atoms with Crippen LogP contribution in [0.5, 0.6) is 11.5 Å². The van der Waals surface area contributed by atoms with Gasteiger partial charge in [-0.1, -0.05) is 0 Å². The number of carbonyl (C=O) groups is 1. The molecule has 1 aromatic carbocycles. The van der Waals surface area contributed by atoms with Crippen LogP contribution >= 0.6 is 0 Å². The smallest absolute Gasteiger partial charge is 0.497 e. The Balaban J connectivity index is 1.45. The number of oxazole rings is 1. The highest BCUT2D eigenvalue weighted by Crippen LogP contribution is 2.27. The van der Waals surface area contributed by atoms with Crippen LogP contribution in [0.2, 0.25) is 0 Å². The second-order valence-electron chi connectivity index (χ2n) is 6.73. The largest absolute Gasteiger partial charge is 0.573 e. The maximum absolute atomic E-state index is 12.8. The van der Waals surface area contributed by atoms with Crippen LogP contribution in [0, 0.1) is 6.92 Å². The van der Waals surface area contributed by atoms with Gasteiger partial charge in [0.2, 0.25) is 5.89 Å². The molecule has 0 saturated carbocycles. The van der Waals surface area contributed by atoms with Crippen molar-refractivity contribution in [2.24, 2.45) is 0 Å². The van der Waals surface area contributed by atoms with E-state index < -0.39 is 6.36 Å². The molecule has 1 N–H and O–H groups in total. The zero-order valence-corrected chi connectivity index (χ0v) is 16.9. The van der Waals surface area contributed by atoms with Crippen molar-refractivity contribution in [2.45, 2.75) is 19.8 Å². The molecule has 0 aliphatic carbocycles. The van der Waals surface area contributed by atoms with Crippen molar-refractivity contribution in [3.8, 4) is 22.8 Å². The number of alkyl halides is 3. The van der Waals surface area contributed by atoms with Crippen molar-refractivity contribution >= 4 is 11.4 Å². The number of nitrogens with zero attached hydrogens (tertiary/aromatic N) is 3. The molecule has 3 heterocycles. The van der Waals surface area contributed by atoms with Crippen LogP contribution in [-0.4, -0.2) is 34.0 Å². The molecule has 1 amide bonds. The fourth-order valence-corrected chi connectivity index (χ4v) is 3.14. The number of fused-ring (bicyclic) bond motifs is 1. The molecule has 0 fully saturated rings. The van der Waals surface area contributed by atoms with E-state index in [0.717, 1.165) is 0 Å². The molecule has 0 aliphatic rings. The zero-order valence-electron chi connectivity index (χ0n) is 16.9. The maximum atomic E-state index is 12.8. The van der Waals surface area contributed by atoms with Crippen molar-refractivity contribution in [1.82, 2.24) is 19.9 Å². The molecule has 0 radical (unpaired) electrons. The van der Waals surface area contributed by atoms with Gasteiger partial charge in [-0.05, 0) is 37.3 Å². The lowest BCUT2D eigenvalue weighted by Crippen LogP contribution is -2.23. The SMILES string of the molecule is COc1ccn2nc(C)c(C(=O)NCc3ncc(-c4ccc(OC(F)(F)F)cc4)o3)c2c1. The van der Waals surface area contributed by atoms with Gasteiger partial charge in [0.25, 0.3) is 5.91 Å². The van der Waals surface area contributed by atoms with Gasteiger partial charge in [0.15, 0.2) is 5.76 Å². The number of hydrogen-bond acceptors (Lipinski definition) is 6. The Morgan fingerprint density at radius 3 is 2.62 bits per heavy atom. The lowest BCUT2D eigenvalue weighted by Gasteiger charge is -2.08. The number of aromatic nitrogens is 3. The summed E-state index contributed by atoms with van der Waals surface area (Å²) in [5.74, 6) is 0.462. The van der Waals surface area contributed by atoms with E-state index in [-0.39, 0.29) is 24.1 Å². The number of ether oxygens (including phenoxy) is 2. The van der Waals surface area contributed by atoms with Crippen LogP contribution in [0.3, 0.4) is 0 Å². The highest BCUT2D eigenvalue weighted by atomic mass is 19.4. The van der Waals surface area contributed by atoms with Gasteiger partial charge in [-0.15, -0.1) is 13.2 Å². The number of rotatable bonds is 6. The van der Waals surface area contributed by atoms with E-state index in [9.17, 15) is 18.0 Å². The number of carbonyl (C=O) groups excluding carboxylic acids is 1. The fourth-order valence-electron chi connectivity index (χ4n) is 3.14. The van der Waals surface area contributed by atoms with Crippen LogP contribution in [0.25, 0.3) is 16.8 Å². The summed E-state index contributed by atoms with van der Waals surface area (Å²) in [6.07, 6.45) is -1.64. The Bertz CT molecular complexity index is 1260. The lowest BCUT2D eigenvalue weighted by atomic mass is 10.2. The molecule has 4 aromatic rings. The minimum atomic E-state index is -4.76. The third-order valence-electron chi connectivity index (χ3n) is 4.57. The molecule has 11 heteroatoms. The highest BCUT2D eigenvalue weighted by Gasteiger charge is 2.31. The van der Waals surface area contributed by atoms with Gasteiger partial charge in [0.1, 0.15) is 11.5 Å². The highest BCUT2D eigenvalue weighted by molar-refractivity contribution is 6.02. The molecule has 0 spiro atoms. The van der Waals surface area contributed by atoms with E-state index in [0.29, 0.717) is 33.8 Å². The van der Waals surface area contributed by atoms with E-state index in [1.54, 1.807) is 29.8 Å². The number of hydrogen-bond donors (Lipinski definition) is 1. The average molecular weight is 446 g/mol. The molecule has 4 rings (SSSR count). The van der Waals surface area contributed by atoms with E-state index in [2.05, 4.69) is 20.1 Å². The fraction of sp³-hybridized carbons (Fsp3) is 0.190. The summed E-state index contributed by atoms with van der Waals surface area (Å²) in [6, 6.07) is 8.63. The summed E-state index contributed by atoms with van der Waals surface area (Å²) in [4.78, 5) is 16.9. The van der Waals surface area contributed by atoms with Crippen molar-refractivity contribution in [3.63, 3.8) is 0 Å². The Labute approximate surface area is 179 Å². The van der Waals surface area contributed by atoms with Crippen molar-refractivity contribution < 1.29 is 31.9 Å². The first kappa shape index (κ1) is 21.2. The van der Waals surface area contributed by atoms with Crippen LogP contribution in [0.1, 0.15) is 21.9 Å². The summed E-state index contributed by atoms with van der Waals surface area (Å²) < 4.78 is 53.1. The quantitative estimate of drug-likeness (QED) is 0.479. The van der Waals surface area contributed by atoms with Crippen LogP contribution in [-0.2, 0) is 6.54 Å². The number of methoxy groups -OCH3 is 1. The molecule has 166 valence electrons. The molecule has 0 aliphatic heterocycles. The molecule has 3 aromatic heterocycles. The third kappa shape index (κ3) is 4.51. The van der Waals surface area contributed by atoms with Gasteiger partial charge in [-0.2, -0.15) is 5.10 Å². The lowest BCUT2D eigenvalue weighted by molar-refractivity contribution is -0.274. The Morgan fingerprint density at radius 2 is 1.94 bits per heavy atom. The molecule has 0 unspecified atom stereocenters. The standard InChI is InChI=1S/C21H17F3N4O4/c1-12-19(16-9-15(30-2)7-8-28(16)27-12)20(29)26-11-18-25-10-17(31-18)13-3-5-14(6-4-13)32-21(22,23)24/h3-10H,11H2,1-2H3,(H,26,29). The number of pyridine rings is 1. The first-order valence-electron chi connectivity index (χ1n) is 9.35. The summed E-state index contributed by atoms with van der Waals surface area (Å²) in [6.45, 7) is 1.73. The van der Waals surface area contributed by atoms with E-state index in [1.807, 2.05) is 0 Å². The molecule has 0 atom stereocenters. The third-order valence-corrected chi connectivity index (χ3v) is 4.57. The number of nitrogens with one attached hydrogen (secondary N) is 1. The molecular weight excluding hydrogens is 429 g/mol. The summed E-state index contributed by atoms with van der Waals surface area (Å²) in [7, 11) is 1.53. The van der Waals surface area contributed by atoms with E-state index in [4.69, 9.17) is 9.15 Å². The molecule has 32 heavy (non-hydrogen) atoms. The predicted molar refractivity (Wildman–Crippen MR) is 106 cm³/mol. The molecule has 8 nitrogen and oxygen atoms in total. The van der Waals surface area contributed by atoms with Gasteiger partial charge < -0.3 is 19.2 Å². The Kier molecular flexibility index (Phi) is 5.47. The van der Waals surface area contributed by atoms with Crippen molar-refractivity contribution in [3.05, 3.63) is 65.9 Å². The van der Waals surface area contributed by atoms with Gasteiger partial charge in [-0.3, -0.25) is 4.79 Å². The molecule has 0 bridgehead atoms. The first-order chi connectivity index (χ1) is 15.2.